The molecule has 1 amide bonds. The van der Waals surface area contributed by atoms with E-state index in [4.69, 9.17) is 4.74 Å². The van der Waals surface area contributed by atoms with Gasteiger partial charge in [-0.15, -0.1) is 12.4 Å². The van der Waals surface area contributed by atoms with Crippen LogP contribution >= 0.6 is 28.3 Å². The number of halogens is 2. The molecule has 1 heterocycles. The van der Waals surface area contributed by atoms with Gasteiger partial charge in [0.15, 0.2) is 0 Å². The Hall–Kier alpha value is -0.780. The van der Waals surface area contributed by atoms with E-state index < -0.39 is 0 Å². The number of rotatable bonds is 2. The number of ether oxygens (including phenoxy) is 1. The molecule has 0 aliphatic carbocycles. The molecule has 1 saturated heterocycles. The zero-order valence-electron chi connectivity index (χ0n) is 10.1. The lowest BCUT2D eigenvalue weighted by Gasteiger charge is -2.27. The Balaban J connectivity index is 0.00000162. The van der Waals surface area contributed by atoms with E-state index in [1.807, 2.05) is 17.0 Å². The maximum absolute atomic E-state index is 12.3. The van der Waals surface area contributed by atoms with Crippen molar-refractivity contribution < 1.29 is 9.53 Å². The second-order valence-corrected chi connectivity index (χ2v) is 4.74. The highest BCUT2D eigenvalue weighted by Gasteiger charge is 2.20. The number of benzene rings is 1. The van der Waals surface area contributed by atoms with E-state index in [-0.39, 0.29) is 18.3 Å². The Morgan fingerprint density at radius 3 is 2.67 bits per heavy atom. The number of hydrogen-bond donors (Lipinski definition) is 1. The maximum Gasteiger partial charge on any atom is 0.255 e. The summed E-state index contributed by atoms with van der Waals surface area (Å²) < 4.78 is 5.95. The first-order valence-electron chi connectivity index (χ1n) is 5.56. The molecule has 0 atom stereocenters. The van der Waals surface area contributed by atoms with E-state index in [0.717, 1.165) is 30.7 Å². The largest absolute Gasteiger partial charge is 0.497 e. The van der Waals surface area contributed by atoms with Crippen LogP contribution in [0, 0.1) is 0 Å². The minimum Gasteiger partial charge on any atom is -0.497 e. The minimum atomic E-state index is 0. The van der Waals surface area contributed by atoms with Crippen LogP contribution in [0.5, 0.6) is 5.75 Å². The first-order chi connectivity index (χ1) is 8.22. The lowest BCUT2D eigenvalue weighted by molar-refractivity contribution is 0.0734. The molecule has 1 aromatic carbocycles. The third-order valence-corrected chi connectivity index (χ3v) is 3.50. The topological polar surface area (TPSA) is 41.6 Å². The fraction of sp³-hybridized carbons (Fsp3) is 0.417. The normalized spacial score (nSPS) is 14.9. The smallest absolute Gasteiger partial charge is 0.255 e. The highest BCUT2D eigenvalue weighted by Crippen LogP contribution is 2.23. The van der Waals surface area contributed by atoms with Gasteiger partial charge in [-0.25, -0.2) is 0 Å². The van der Waals surface area contributed by atoms with Gasteiger partial charge in [0, 0.05) is 30.7 Å². The average Bonchev–Trinajstić information content (AvgIpc) is 2.39. The van der Waals surface area contributed by atoms with Crippen LogP contribution in [0.25, 0.3) is 0 Å². The molecule has 100 valence electrons. The summed E-state index contributed by atoms with van der Waals surface area (Å²) in [6, 6.07) is 5.45. The van der Waals surface area contributed by atoms with Gasteiger partial charge in [-0.3, -0.25) is 4.79 Å². The molecule has 1 N–H and O–H groups in total. The van der Waals surface area contributed by atoms with E-state index in [1.54, 1.807) is 13.2 Å². The molecule has 1 aliphatic heterocycles. The zero-order valence-corrected chi connectivity index (χ0v) is 12.5. The molecule has 4 nitrogen and oxygen atoms in total. The third-order valence-electron chi connectivity index (χ3n) is 2.81. The molecule has 2 rings (SSSR count). The number of hydrogen-bond acceptors (Lipinski definition) is 3. The van der Waals surface area contributed by atoms with Crippen molar-refractivity contribution in [3.63, 3.8) is 0 Å². The van der Waals surface area contributed by atoms with Crippen LogP contribution in [0.1, 0.15) is 10.4 Å². The first-order valence-corrected chi connectivity index (χ1v) is 6.35. The van der Waals surface area contributed by atoms with Gasteiger partial charge < -0.3 is 15.0 Å². The summed E-state index contributed by atoms with van der Waals surface area (Å²) in [5, 5.41) is 3.23. The Labute approximate surface area is 121 Å². The van der Waals surface area contributed by atoms with E-state index >= 15 is 0 Å². The minimum absolute atomic E-state index is 0. The van der Waals surface area contributed by atoms with Gasteiger partial charge in [0.25, 0.3) is 5.91 Å². The van der Waals surface area contributed by atoms with Crippen molar-refractivity contribution >= 4 is 34.2 Å². The molecule has 0 bridgehead atoms. The summed E-state index contributed by atoms with van der Waals surface area (Å²) in [5.74, 6) is 0.754. The maximum atomic E-state index is 12.3. The molecule has 0 radical (unpaired) electrons. The van der Waals surface area contributed by atoms with Gasteiger partial charge in [0.05, 0.1) is 12.7 Å². The van der Waals surface area contributed by atoms with Crippen LogP contribution in [0.3, 0.4) is 0 Å². The lowest BCUT2D eigenvalue weighted by Crippen LogP contribution is -2.46. The fourth-order valence-electron chi connectivity index (χ4n) is 1.83. The molecule has 18 heavy (non-hydrogen) atoms. The van der Waals surface area contributed by atoms with Gasteiger partial charge in [-0.05, 0) is 34.1 Å². The Morgan fingerprint density at radius 1 is 1.39 bits per heavy atom. The highest BCUT2D eigenvalue weighted by molar-refractivity contribution is 9.10. The van der Waals surface area contributed by atoms with Crippen molar-refractivity contribution in [1.29, 1.82) is 0 Å². The van der Waals surface area contributed by atoms with Gasteiger partial charge >= 0.3 is 0 Å². The first kappa shape index (κ1) is 15.3. The predicted octanol–water partition coefficient (Wildman–Crippen LogP) is 1.92. The molecule has 1 aromatic rings. The number of carbonyl (C=O) groups excluding carboxylic acids is 1. The predicted molar refractivity (Wildman–Crippen MR) is 76.7 cm³/mol. The quantitative estimate of drug-likeness (QED) is 0.898. The van der Waals surface area contributed by atoms with Crippen molar-refractivity contribution in [2.24, 2.45) is 0 Å². The van der Waals surface area contributed by atoms with E-state index in [9.17, 15) is 4.79 Å². The number of methoxy groups -OCH3 is 1. The molecule has 1 aliphatic rings. The van der Waals surface area contributed by atoms with E-state index in [0.29, 0.717) is 11.3 Å². The third kappa shape index (κ3) is 3.37. The lowest BCUT2D eigenvalue weighted by atomic mass is 10.1. The highest BCUT2D eigenvalue weighted by atomic mass is 79.9. The van der Waals surface area contributed by atoms with Crippen LogP contribution in [-0.2, 0) is 0 Å². The summed E-state index contributed by atoms with van der Waals surface area (Å²) in [4.78, 5) is 14.2. The molecule has 1 fully saturated rings. The van der Waals surface area contributed by atoms with Crippen LogP contribution in [-0.4, -0.2) is 44.1 Å². The Morgan fingerprint density at radius 2 is 2.06 bits per heavy atom. The van der Waals surface area contributed by atoms with Crippen molar-refractivity contribution in [3.8, 4) is 5.75 Å². The SMILES string of the molecule is COc1ccc(Br)c(C(=O)N2CCNCC2)c1.Cl. The molecule has 0 unspecified atom stereocenters. The summed E-state index contributed by atoms with van der Waals surface area (Å²) in [6.07, 6.45) is 0. The summed E-state index contributed by atoms with van der Waals surface area (Å²) >= 11 is 3.41. The number of amides is 1. The van der Waals surface area contributed by atoms with Gasteiger partial charge in [-0.1, -0.05) is 0 Å². The van der Waals surface area contributed by atoms with Crippen LogP contribution in [0.4, 0.5) is 0 Å². The summed E-state index contributed by atoms with van der Waals surface area (Å²) in [7, 11) is 1.60. The van der Waals surface area contributed by atoms with Crippen molar-refractivity contribution in [2.45, 2.75) is 0 Å². The summed E-state index contributed by atoms with van der Waals surface area (Å²) in [5.41, 5.74) is 0.659. The molecule has 6 heteroatoms. The number of carbonyl (C=O) groups is 1. The Bertz CT molecular complexity index is 423. The standard InChI is InChI=1S/C12H15BrN2O2.ClH/c1-17-9-2-3-11(13)10(8-9)12(16)15-6-4-14-5-7-15;/h2-3,8,14H,4-7H2,1H3;1H. The van der Waals surface area contributed by atoms with Crippen LogP contribution in [0.2, 0.25) is 0 Å². The molecular formula is C12H16BrClN2O2. The van der Waals surface area contributed by atoms with E-state index in [2.05, 4.69) is 21.2 Å². The Kier molecular flexibility index (Phi) is 5.91. The molecule has 0 aromatic heterocycles. The van der Waals surface area contributed by atoms with Crippen molar-refractivity contribution in [2.75, 3.05) is 33.3 Å². The second kappa shape index (κ2) is 6.97. The number of nitrogens with zero attached hydrogens (tertiary/aromatic N) is 1. The van der Waals surface area contributed by atoms with Gasteiger partial charge in [0.2, 0.25) is 0 Å². The van der Waals surface area contributed by atoms with Gasteiger partial charge in [0.1, 0.15) is 5.75 Å². The van der Waals surface area contributed by atoms with Crippen molar-refractivity contribution in [1.82, 2.24) is 10.2 Å². The van der Waals surface area contributed by atoms with Crippen LogP contribution < -0.4 is 10.1 Å². The fourth-order valence-corrected chi connectivity index (χ4v) is 2.25. The van der Waals surface area contributed by atoms with Crippen LogP contribution in [0.15, 0.2) is 22.7 Å². The van der Waals surface area contributed by atoms with E-state index in [1.165, 1.54) is 0 Å². The molecule has 0 spiro atoms. The number of piperazine rings is 1. The summed E-state index contributed by atoms with van der Waals surface area (Å²) in [6.45, 7) is 3.21. The molecular weight excluding hydrogens is 320 g/mol. The van der Waals surface area contributed by atoms with Gasteiger partial charge in [-0.2, -0.15) is 0 Å². The number of nitrogens with one attached hydrogen (secondary N) is 1. The zero-order chi connectivity index (χ0) is 12.3. The average molecular weight is 336 g/mol. The molecule has 0 saturated carbocycles. The monoisotopic (exact) mass is 334 g/mol. The van der Waals surface area contributed by atoms with Crippen molar-refractivity contribution in [3.05, 3.63) is 28.2 Å². The second-order valence-electron chi connectivity index (χ2n) is 3.89.